The van der Waals surface area contributed by atoms with Gasteiger partial charge in [-0.15, -0.1) is 0 Å². The summed E-state index contributed by atoms with van der Waals surface area (Å²) in [6, 6.07) is 20.0. The third-order valence-corrected chi connectivity index (χ3v) is 7.63. The Morgan fingerprint density at radius 1 is 0.975 bits per heavy atom. The van der Waals surface area contributed by atoms with Crippen LogP contribution >= 0.6 is 0 Å². The van der Waals surface area contributed by atoms with Gasteiger partial charge in [0.2, 0.25) is 11.8 Å². The van der Waals surface area contributed by atoms with Crippen LogP contribution in [0.1, 0.15) is 30.9 Å². The SMILES string of the molecule is CCCN(c1cccc(CNC(=O)C(CC(N)=O)NC(=O)OCc2ccccc2)c1O)S(=O)(=O)c1ccccc1. The van der Waals surface area contributed by atoms with Crippen LogP contribution in [-0.4, -0.2) is 44.0 Å². The summed E-state index contributed by atoms with van der Waals surface area (Å²) in [6.45, 7) is 1.65. The van der Waals surface area contributed by atoms with E-state index in [1.165, 1.54) is 24.3 Å². The van der Waals surface area contributed by atoms with E-state index in [-0.39, 0.29) is 41.6 Å². The Bertz CT molecular complexity index is 1420. The van der Waals surface area contributed by atoms with Crippen LogP contribution in [0.25, 0.3) is 0 Å². The van der Waals surface area contributed by atoms with Gasteiger partial charge >= 0.3 is 6.09 Å². The van der Waals surface area contributed by atoms with E-state index >= 15 is 0 Å². The van der Waals surface area contributed by atoms with Crippen LogP contribution < -0.4 is 20.7 Å². The number of nitrogens with zero attached hydrogens (tertiary/aromatic N) is 1. The molecule has 1 unspecified atom stereocenters. The van der Waals surface area contributed by atoms with Gasteiger partial charge in [0.1, 0.15) is 18.4 Å². The number of amides is 3. The highest BCUT2D eigenvalue weighted by molar-refractivity contribution is 7.92. The van der Waals surface area contributed by atoms with Gasteiger partial charge in [0.25, 0.3) is 10.0 Å². The predicted molar refractivity (Wildman–Crippen MR) is 149 cm³/mol. The quantitative estimate of drug-likeness (QED) is 0.246. The van der Waals surface area contributed by atoms with Crippen molar-refractivity contribution in [2.75, 3.05) is 10.8 Å². The van der Waals surface area contributed by atoms with E-state index in [9.17, 15) is 27.9 Å². The molecule has 0 heterocycles. The van der Waals surface area contributed by atoms with Crippen molar-refractivity contribution in [2.24, 2.45) is 5.73 Å². The van der Waals surface area contributed by atoms with Crippen molar-refractivity contribution in [1.29, 1.82) is 0 Å². The topological polar surface area (TPSA) is 168 Å². The molecule has 5 N–H and O–H groups in total. The molecule has 0 bridgehead atoms. The number of nitrogens with two attached hydrogens (primary N) is 1. The third-order valence-electron chi connectivity index (χ3n) is 5.80. The molecule has 0 spiro atoms. The number of nitrogens with one attached hydrogen (secondary N) is 2. The van der Waals surface area contributed by atoms with Crippen LogP contribution in [0.15, 0.2) is 83.8 Å². The summed E-state index contributed by atoms with van der Waals surface area (Å²) in [6.07, 6.45) is -0.929. The number of para-hydroxylation sites is 1. The second-order valence-corrected chi connectivity index (χ2v) is 10.7. The number of ether oxygens (including phenoxy) is 1. The maximum atomic E-state index is 13.3. The van der Waals surface area contributed by atoms with Crippen LogP contribution in [0.5, 0.6) is 5.75 Å². The number of primary amides is 1. The second kappa shape index (κ2) is 14.0. The number of aromatic hydroxyl groups is 1. The minimum atomic E-state index is -3.98. The molecule has 0 aliphatic heterocycles. The summed E-state index contributed by atoms with van der Waals surface area (Å²) < 4.78 is 32.9. The van der Waals surface area contributed by atoms with Gasteiger partial charge in [-0.1, -0.05) is 67.6 Å². The minimum Gasteiger partial charge on any atom is -0.505 e. The largest absolute Gasteiger partial charge is 0.505 e. The second-order valence-electron chi connectivity index (χ2n) is 8.82. The zero-order chi connectivity index (χ0) is 29.1. The fraction of sp³-hybridized carbons (Fsp3) is 0.250. The number of hydrogen-bond donors (Lipinski definition) is 4. The number of alkyl carbamates (subject to hydrolysis) is 1. The number of sulfonamides is 1. The van der Waals surface area contributed by atoms with E-state index in [0.29, 0.717) is 6.42 Å². The van der Waals surface area contributed by atoms with Crippen LogP contribution in [0, 0.1) is 0 Å². The highest BCUT2D eigenvalue weighted by Gasteiger charge is 2.28. The van der Waals surface area contributed by atoms with E-state index in [0.717, 1.165) is 9.87 Å². The molecule has 212 valence electrons. The van der Waals surface area contributed by atoms with Crippen molar-refractivity contribution < 1.29 is 32.6 Å². The molecule has 11 nitrogen and oxygen atoms in total. The fourth-order valence-corrected chi connectivity index (χ4v) is 5.42. The van der Waals surface area contributed by atoms with Crippen molar-refractivity contribution in [3.63, 3.8) is 0 Å². The molecule has 1 atom stereocenters. The summed E-state index contributed by atoms with van der Waals surface area (Å²) in [5.41, 5.74) is 6.26. The average Bonchev–Trinajstić information content (AvgIpc) is 2.94. The zero-order valence-corrected chi connectivity index (χ0v) is 22.8. The Balaban J connectivity index is 1.73. The first-order valence-electron chi connectivity index (χ1n) is 12.5. The van der Waals surface area contributed by atoms with E-state index < -0.39 is 40.4 Å². The molecule has 0 saturated carbocycles. The average molecular weight is 569 g/mol. The lowest BCUT2D eigenvalue weighted by molar-refractivity contribution is -0.127. The molecule has 0 aromatic heterocycles. The van der Waals surface area contributed by atoms with Crippen LogP contribution in [0.2, 0.25) is 0 Å². The molecule has 12 heteroatoms. The first-order chi connectivity index (χ1) is 19.1. The molecule has 0 aliphatic rings. The third kappa shape index (κ3) is 7.96. The Labute approximate surface area is 233 Å². The summed E-state index contributed by atoms with van der Waals surface area (Å²) in [5, 5.41) is 15.9. The van der Waals surface area contributed by atoms with E-state index in [1.54, 1.807) is 48.5 Å². The number of phenolic OH excluding ortho intramolecular Hbond substituents is 1. The molecule has 0 aliphatic carbocycles. The van der Waals surface area contributed by atoms with E-state index in [1.807, 2.05) is 13.0 Å². The van der Waals surface area contributed by atoms with Gasteiger partial charge in [-0.05, 0) is 30.2 Å². The van der Waals surface area contributed by atoms with Crippen LogP contribution in [0.3, 0.4) is 0 Å². The molecular formula is C28H32N4O7S. The lowest BCUT2D eigenvalue weighted by Crippen LogP contribution is -2.48. The molecule has 0 radical (unpaired) electrons. The first kappa shape index (κ1) is 30.0. The molecule has 3 aromatic carbocycles. The molecular weight excluding hydrogens is 536 g/mol. The van der Waals surface area contributed by atoms with Gasteiger partial charge in [0, 0.05) is 18.7 Å². The number of benzene rings is 3. The monoisotopic (exact) mass is 568 g/mol. The highest BCUT2D eigenvalue weighted by atomic mass is 32.2. The standard InChI is InChI=1S/C28H32N4O7S/c1-2-16-32(40(37,38)22-13-7-4-8-14-22)24-15-9-12-21(26(24)34)18-30-27(35)23(17-25(29)33)31-28(36)39-19-20-10-5-3-6-11-20/h3-15,23,34H,2,16-19H2,1H3,(H2,29,33)(H,30,35)(H,31,36). The van der Waals surface area contributed by atoms with Crippen LogP contribution in [0.4, 0.5) is 10.5 Å². The lowest BCUT2D eigenvalue weighted by Gasteiger charge is -2.26. The molecule has 0 saturated heterocycles. The van der Waals surface area contributed by atoms with E-state index in [2.05, 4.69) is 10.6 Å². The van der Waals surface area contributed by atoms with Gasteiger partial charge in [0.15, 0.2) is 0 Å². The summed E-state index contributed by atoms with van der Waals surface area (Å²) in [4.78, 5) is 36.7. The fourth-order valence-electron chi connectivity index (χ4n) is 3.84. The number of carbonyl (C=O) groups excluding carboxylic acids is 3. The predicted octanol–water partition coefficient (Wildman–Crippen LogP) is 2.78. The normalized spacial score (nSPS) is 11.7. The summed E-state index contributed by atoms with van der Waals surface area (Å²) in [7, 11) is -3.98. The van der Waals surface area contributed by atoms with Crippen molar-refractivity contribution in [3.8, 4) is 5.75 Å². The number of hydrogen-bond acceptors (Lipinski definition) is 7. The smallest absolute Gasteiger partial charge is 0.408 e. The lowest BCUT2D eigenvalue weighted by atomic mass is 10.1. The van der Waals surface area contributed by atoms with Gasteiger partial charge in [0.05, 0.1) is 17.0 Å². The molecule has 3 rings (SSSR count). The zero-order valence-electron chi connectivity index (χ0n) is 21.9. The number of carbonyl (C=O) groups is 3. The van der Waals surface area contributed by atoms with Crippen molar-refractivity contribution in [1.82, 2.24) is 10.6 Å². The maximum Gasteiger partial charge on any atom is 0.408 e. The van der Waals surface area contributed by atoms with Gasteiger partial charge < -0.3 is 26.2 Å². The summed E-state index contributed by atoms with van der Waals surface area (Å²) in [5.74, 6) is -1.91. The molecule has 3 amide bonds. The molecule has 40 heavy (non-hydrogen) atoms. The maximum absolute atomic E-state index is 13.3. The van der Waals surface area contributed by atoms with Crippen molar-refractivity contribution in [2.45, 2.75) is 43.9 Å². The Morgan fingerprint density at radius 2 is 1.62 bits per heavy atom. The Morgan fingerprint density at radius 3 is 2.25 bits per heavy atom. The number of phenols is 1. The molecule has 0 fully saturated rings. The number of rotatable bonds is 13. The number of anilines is 1. The van der Waals surface area contributed by atoms with Gasteiger partial charge in [-0.3, -0.25) is 13.9 Å². The van der Waals surface area contributed by atoms with Gasteiger partial charge in [-0.25, -0.2) is 13.2 Å². The Hall–Kier alpha value is -4.58. The Kier molecular flexibility index (Phi) is 10.5. The van der Waals surface area contributed by atoms with Gasteiger partial charge in [-0.2, -0.15) is 0 Å². The molecule has 3 aromatic rings. The highest BCUT2D eigenvalue weighted by Crippen LogP contribution is 2.34. The minimum absolute atomic E-state index is 0.0433. The first-order valence-corrected chi connectivity index (χ1v) is 14.0. The van der Waals surface area contributed by atoms with Crippen molar-refractivity contribution >= 4 is 33.6 Å². The van der Waals surface area contributed by atoms with Crippen molar-refractivity contribution in [3.05, 3.63) is 90.0 Å². The summed E-state index contributed by atoms with van der Waals surface area (Å²) >= 11 is 0. The van der Waals surface area contributed by atoms with E-state index in [4.69, 9.17) is 10.5 Å². The van der Waals surface area contributed by atoms with Crippen LogP contribution in [-0.2, 0) is 37.5 Å².